The molecule has 0 amide bonds. The van der Waals surface area contributed by atoms with E-state index in [2.05, 4.69) is 26.0 Å². The molecular formula is C14H12BrFN4. The zero-order valence-corrected chi connectivity index (χ0v) is 12.1. The average molecular weight is 335 g/mol. The number of rotatable bonds is 3. The molecule has 0 radical (unpaired) electrons. The Bertz CT molecular complexity index is 769. The highest BCUT2D eigenvalue weighted by Crippen LogP contribution is 2.23. The van der Waals surface area contributed by atoms with Crippen molar-refractivity contribution in [3.63, 3.8) is 0 Å². The van der Waals surface area contributed by atoms with Gasteiger partial charge >= 0.3 is 0 Å². The maximum atomic E-state index is 13.8. The van der Waals surface area contributed by atoms with Gasteiger partial charge in [-0.15, -0.1) is 0 Å². The molecule has 3 rings (SSSR count). The van der Waals surface area contributed by atoms with Crippen LogP contribution < -0.4 is 5.73 Å². The van der Waals surface area contributed by atoms with Crippen LogP contribution in [0, 0.1) is 5.82 Å². The Morgan fingerprint density at radius 2 is 2.00 bits per heavy atom. The number of fused-ring (bicyclic) bond motifs is 1. The summed E-state index contributed by atoms with van der Waals surface area (Å²) < 4.78 is 16.2. The summed E-state index contributed by atoms with van der Waals surface area (Å²) >= 11 is 3.47. The van der Waals surface area contributed by atoms with Crippen molar-refractivity contribution in [1.29, 1.82) is 0 Å². The Hall–Kier alpha value is -1.79. The monoisotopic (exact) mass is 334 g/mol. The fourth-order valence-corrected chi connectivity index (χ4v) is 2.61. The Labute approximate surface area is 123 Å². The lowest BCUT2D eigenvalue weighted by atomic mass is 10.1. The first-order chi connectivity index (χ1) is 9.70. The second-order valence-corrected chi connectivity index (χ2v) is 5.11. The van der Waals surface area contributed by atoms with Crippen LogP contribution in [0.15, 0.2) is 41.0 Å². The van der Waals surface area contributed by atoms with Crippen LogP contribution in [-0.2, 0) is 6.42 Å². The lowest BCUT2D eigenvalue weighted by molar-refractivity contribution is 0.630. The number of hydrogen-bond donors (Lipinski definition) is 1. The standard InChI is InChI=1S/C14H12BrFN4/c15-14-12(7-8-17)18-13-6-5-11(19-20(13)14)9-3-1-2-4-10(9)16/h1-6H,7-8,17H2. The summed E-state index contributed by atoms with van der Waals surface area (Å²) in [5.41, 5.74) is 8.14. The summed E-state index contributed by atoms with van der Waals surface area (Å²) in [6.45, 7) is 0.517. The van der Waals surface area contributed by atoms with E-state index in [1.807, 2.05) is 6.07 Å². The second kappa shape index (κ2) is 5.30. The van der Waals surface area contributed by atoms with E-state index >= 15 is 0 Å². The molecule has 2 aromatic heterocycles. The van der Waals surface area contributed by atoms with Gasteiger partial charge in [0.25, 0.3) is 0 Å². The molecule has 0 aliphatic rings. The summed E-state index contributed by atoms with van der Waals surface area (Å²) in [6.07, 6.45) is 0.666. The van der Waals surface area contributed by atoms with Crippen molar-refractivity contribution >= 4 is 21.6 Å². The van der Waals surface area contributed by atoms with Crippen LogP contribution in [0.5, 0.6) is 0 Å². The van der Waals surface area contributed by atoms with E-state index in [9.17, 15) is 4.39 Å². The van der Waals surface area contributed by atoms with Gasteiger partial charge in [-0.1, -0.05) is 12.1 Å². The van der Waals surface area contributed by atoms with Gasteiger partial charge in [0, 0.05) is 12.0 Å². The molecule has 3 aromatic rings. The van der Waals surface area contributed by atoms with Crippen LogP contribution in [-0.4, -0.2) is 21.1 Å². The van der Waals surface area contributed by atoms with Crippen LogP contribution in [0.3, 0.4) is 0 Å². The molecule has 0 spiro atoms. The summed E-state index contributed by atoms with van der Waals surface area (Å²) in [5, 5.41) is 4.44. The molecule has 0 unspecified atom stereocenters. The first-order valence-corrected chi connectivity index (χ1v) is 6.99. The summed E-state index contributed by atoms with van der Waals surface area (Å²) in [7, 11) is 0. The molecule has 1 aromatic carbocycles. The van der Waals surface area contributed by atoms with Gasteiger partial charge < -0.3 is 5.73 Å². The average Bonchev–Trinajstić information content (AvgIpc) is 2.76. The van der Waals surface area contributed by atoms with Crippen molar-refractivity contribution < 1.29 is 4.39 Å². The highest BCUT2D eigenvalue weighted by Gasteiger charge is 2.12. The fraction of sp³-hybridized carbons (Fsp3) is 0.143. The van der Waals surface area contributed by atoms with E-state index in [0.29, 0.717) is 29.9 Å². The Morgan fingerprint density at radius 1 is 1.20 bits per heavy atom. The minimum atomic E-state index is -0.294. The molecule has 0 bridgehead atoms. The van der Waals surface area contributed by atoms with Crippen LogP contribution in [0.25, 0.3) is 16.9 Å². The van der Waals surface area contributed by atoms with Gasteiger partial charge in [0.05, 0.1) is 11.4 Å². The fourth-order valence-electron chi connectivity index (χ4n) is 2.06. The van der Waals surface area contributed by atoms with E-state index in [1.54, 1.807) is 28.8 Å². The number of nitrogens with zero attached hydrogens (tertiary/aromatic N) is 3. The van der Waals surface area contributed by atoms with Crippen molar-refractivity contribution in [2.75, 3.05) is 6.54 Å². The van der Waals surface area contributed by atoms with Crippen LogP contribution in [0.2, 0.25) is 0 Å². The van der Waals surface area contributed by atoms with Crippen molar-refractivity contribution in [3.8, 4) is 11.3 Å². The zero-order valence-electron chi connectivity index (χ0n) is 10.6. The van der Waals surface area contributed by atoms with Gasteiger partial charge in [0.2, 0.25) is 0 Å². The first-order valence-electron chi connectivity index (χ1n) is 6.20. The molecule has 4 nitrogen and oxygen atoms in total. The number of benzene rings is 1. The molecule has 0 aliphatic carbocycles. The number of nitrogens with two attached hydrogens (primary N) is 1. The van der Waals surface area contributed by atoms with Gasteiger partial charge in [-0.2, -0.15) is 5.10 Å². The summed E-state index contributed by atoms with van der Waals surface area (Å²) in [4.78, 5) is 4.44. The van der Waals surface area contributed by atoms with E-state index in [1.165, 1.54) is 6.07 Å². The van der Waals surface area contributed by atoms with Crippen molar-refractivity contribution in [2.45, 2.75) is 6.42 Å². The molecule has 0 aliphatic heterocycles. The van der Waals surface area contributed by atoms with Crippen molar-refractivity contribution in [2.24, 2.45) is 5.73 Å². The Morgan fingerprint density at radius 3 is 2.75 bits per heavy atom. The van der Waals surface area contributed by atoms with Crippen molar-refractivity contribution in [3.05, 3.63) is 52.5 Å². The minimum Gasteiger partial charge on any atom is -0.330 e. The molecule has 0 saturated carbocycles. The minimum absolute atomic E-state index is 0.294. The number of imidazole rings is 1. The Balaban J connectivity index is 2.15. The topological polar surface area (TPSA) is 56.2 Å². The SMILES string of the molecule is NCCc1nc2ccc(-c3ccccc3F)nn2c1Br. The molecule has 2 heterocycles. The van der Waals surface area contributed by atoms with E-state index in [4.69, 9.17) is 5.73 Å². The van der Waals surface area contributed by atoms with Gasteiger partial charge in [-0.3, -0.25) is 0 Å². The number of aromatic nitrogens is 3. The molecular weight excluding hydrogens is 323 g/mol. The zero-order chi connectivity index (χ0) is 14.1. The molecule has 102 valence electrons. The second-order valence-electron chi connectivity index (χ2n) is 4.36. The molecule has 6 heteroatoms. The number of halogens is 2. The van der Waals surface area contributed by atoms with Crippen LogP contribution in [0.1, 0.15) is 5.69 Å². The van der Waals surface area contributed by atoms with E-state index in [0.717, 1.165) is 10.3 Å². The number of hydrogen-bond acceptors (Lipinski definition) is 3. The van der Waals surface area contributed by atoms with Gasteiger partial charge in [0.1, 0.15) is 10.4 Å². The molecule has 0 saturated heterocycles. The van der Waals surface area contributed by atoms with Crippen molar-refractivity contribution in [1.82, 2.24) is 14.6 Å². The van der Waals surface area contributed by atoms with E-state index < -0.39 is 0 Å². The maximum absolute atomic E-state index is 13.8. The molecule has 20 heavy (non-hydrogen) atoms. The third-order valence-corrected chi connectivity index (χ3v) is 3.81. The molecule has 0 atom stereocenters. The molecule has 0 fully saturated rings. The van der Waals surface area contributed by atoms with Gasteiger partial charge in [-0.25, -0.2) is 13.9 Å². The van der Waals surface area contributed by atoms with Gasteiger partial charge in [0.15, 0.2) is 5.65 Å². The highest BCUT2D eigenvalue weighted by atomic mass is 79.9. The third-order valence-electron chi connectivity index (χ3n) is 3.02. The lowest BCUT2D eigenvalue weighted by Crippen LogP contribution is -2.03. The predicted octanol–water partition coefficient (Wildman–Crippen LogP) is 2.80. The Kier molecular flexibility index (Phi) is 3.50. The normalized spacial score (nSPS) is 11.2. The van der Waals surface area contributed by atoms with Gasteiger partial charge in [-0.05, 0) is 46.7 Å². The van der Waals surface area contributed by atoms with E-state index in [-0.39, 0.29) is 5.82 Å². The van der Waals surface area contributed by atoms with Crippen LogP contribution in [0.4, 0.5) is 4.39 Å². The highest BCUT2D eigenvalue weighted by molar-refractivity contribution is 9.10. The van der Waals surface area contributed by atoms with Crippen LogP contribution >= 0.6 is 15.9 Å². The maximum Gasteiger partial charge on any atom is 0.155 e. The molecule has 2 N–H and O–H groups in total. The lowest BCUT2D eigenvalue weighted by Gasteiger charge is -2.03. The predicted molar refractivity (Wildman–Crippen MR) is 78.8 cm³/mol. The third kappa shape index (κ3) is 2.21. The smallest absolute Gasteiger partial charge is 0.155 e. The summed E-state index contributed by atoms with van der Waals surface area (Å²) in [6, 6.07) is 10.1. The first kappa shape index (κ1) is 13.2. The summed E-state index contributed by atoms with van der Waals surface area (Å²) in [5.74, 6) is -0.294. The largest absolute Gasteiger partial charge is 0.330 e. The quantitative estimate of drug-likeness (QED) is 0.801.